The van der Waals surface area contributed by atoms with E-state index in [4.69, 9.17) is 4.74 Å². The molecule has 1 heterocycles. The number of rotatable bonds is 5. The molecule has 2 rings (SSSR count). The maximum Gasteiger partial charge on any atom is 0.222 e. The minimum Gasteiger partial charge on any atom is -0.436 e. The number of hydrogen-bond acceptors (Lipinski definition) is 3. The van der Waals surface area contributed by atoms with Crippen LogP contribution in [0, 0.1) is 18.6 Å². The summed E-state index contributed by atoms with van der Waals surface area (Å²) in [6.45, 7) is 7.52. The first-order valence-corrected chi connectivity index (χ1v) is 8.56. The molecule has 1 atom stereocenters. The minimum absolute atomic E-state index is 0.107. The largest absolute Gasteiger partial charge is 0.436 e. The SMILES string of the molecule is CC.CCS(=O)Nc1cnc(Oc2ccc(F)cc2F)c(C)c1. The quantitative estimate of drug-likeness (QED) is 0.865. The Balaban J connectivity index is 0.00000127. The summed E-state index contributed by atoms with van der Waals surface area (Å²) in [5, 5.41) is 0. The van der Waals surface area contributed by atoms with Crippen LogP contribution in [-0.4, -0.2) is 14.9 Å². The Labute approximate surface area is 137 Å². The zero-order valence-electron chi connectivity index (χ0n) is 13.5. The molecule has 0 aliphatic rings. The fourth-order valence-corrected chi connectivity index (χ4v) is 2.11. The van der Waals surface area contributed by atoms with Gasteiger partial charge in [-0.25, -0.2) is 18.0 Å². The van der Waals surface area contributed by atoms with Crippen molar-refractivity contribution in [1.29, 1.82) is 0 Å². The highest BCUT2D eigenvalue weighted by Gasteiger charge is 2.10. The van der Waals surface area contributed by atoms with E-state index in [-0.39, 0.29) is 11.6 Å². The van der Waals surface area contributed by atoms with E-state index in [2.05, 4.69) is 9.71 Å². The summed E-state index contributed by atoms with van der Waals surface area (Å²) in [5.41, 5.74) is 1.22. The number of hydrogen-bond donors (Lipinski definition) is 1. The lowest BCUT2D eigenvalue weighted by Gasteiger charge is -2.10. The average Bonchev–Trinajstić information content (AvgIpc) is 2.54. The summed E-state index contributed by atoms with van der Waals surface area (Å²) < 4.78 is 45.8. The van der Waals surface area contributed by atoms with E-state index >= 15 is 0 Å². The minimum atomic E-state index is -1.17. The van der Waals surface area contributed by atoms with E-state index in [0.29, 0.717) is 17.0 Å². The van der Waals surface area contributed by atoms with Gasteiger partial charge in [0, 0.05) is 17.4 Å². The zero-order valence-corrected chi connectivity index (χ0v) is 14.3. The standard InChI is InChI=1S/C14H14F2N2O2S.C2H6/c1-3-21(19)18-11-6-9(2)14(17-8-11)20-13-5-4-10(15)7-12(13)16;1-2/h4-8,18H,3H2,1-2H3;1-2H3. The van der Waals surface area contributed by atoms with Gasteiger partial charge in [-0.2, -0.15) is 0 Å². The van der Waals surface area contributed by atoms with Crippen LogP contribution in [0.1, 0.15) is 26.3 Å². The third-order valence-electron chi connectivity index (χ3n) is 2.62. The number of aromatic nitrogens is 1. The van der Waals surface area contributed by atoms with E-state index in [1.807, 2.05) is 13.8 Å². The Hall–Kier alpha value is -2.02. The smallest absolute Gasteiger partial charge is 0.222 e. The fourth-order valence-electron chi connectivity index (χ4n) is 1.59. The predicted octanol–water partition coefficient (Wildman–Crippen LogP) is 4.58. The lowest BCUT2D eigenvalue weighted by molar-refractivity contribution is 0.421. The fraction of sp³-hybridized carbons (Fsp3) is 0.312. The Morgan fingerprint density at radius 3 is 2.52 bits per heavy atom. The lowest BCUT2D eigenvalue weighted by atomic mass is 10.3. The summed E-state index contributed by atoms with van der Waals surface area (Å²) in [5.74, 6) is -0.909. The molecule has 1 unspecified atom stereocenters. The number of benzene rings is 1. The zero-order chi connectivity index (χ0) is 17.4. The van der Waals surface area contributed by atoms with Crippen LogP contribution in [0.15, 0.2) is 30.5 Å². The van der Waals surface area contributed by atoms with Crippen LogP contribution in [0.4, 0.5) is 14.5 Å². The van der Waals surface area contributed by atoms with Crippen LogP contribution in [0.5, 0.6) is 11.6 Å². The van der Waals surface area contributed by atoms with Gasteiger partial charge in [-0.05, 0) is 25.1 Å². The second kappa shape index (κ2) is 9.19. The first-order valence-electron chi connectivity index (χ1n) is 7.24. The van der Waals surface area contributed by atoms with Crippen LogP contribution in [0.2, 0.25) is 0 Å². The maximum atomic E-state index is 13.5. The van der Waals surface area contributed by atoms with Crippen molar-refractivity contribution in [3.63, 3.8) is 0 Å². The van der Waals surface area contributed by atoms with Gasteiger partial charge in [0.05, 0.1) is 11.9 Å². The molecule has 2 aromatic rings. The van der Waals surface area contributed by atoms with Crippen molar-refractivity contribution in [2.75, 3.05) is 10.5 Å². The molecular formula is C16H20F2N2O2S. The van der Waals surface area contributed by atoms with Crippen LogP contribution >= 0.6 is 0 Å². The molecule has 1 N–H and O–H groups in total. The van der Waals surface area contributed by atoms with Crippen LogP contribution < -0.4 is 9.46 Å². The number of anilines is 1. The van der Waals surface area contributed by atoms with E-state index in [0.717, 1.165) is 12.1 Å². The maximum absolute atomic E-state index is 13.5. The van der Waals surface area contributed by atoms with Gasteiger partial charge in [-0.15, -0.1) is 0 Å². The molecule has 23 heavy (non-hydrogen) atoms. The van der Waals surface area contributed by atoms with Gasteiger partial charge < -0.3 is 9.46 Å². The van der Waals surface area contributed by atoms with Gasteiger partial charge in [-0.3, -0.25) is 0 Å². The first kappa shape index (κ1) is 19.0. The van der Waals surface area contributed by atoms with Crippen molar-refractivity contribution in [1.82, 2.24) is 4.98 Å². The second-order valence-electron chi connectivity index (χ2n) is 4.26. The van der Waals surface area contributed by atoms with Gasteiger partial charge in [0.25, 0.3) is 0 Å². The van der Waals surface area contributed by atoms with Crippen LogP contribution in [-0.2, 0) is 11.0 Å². The first-order chi connectivity index (χ1) is 11.0. The van der Waals surface area contributed by atoms with Crippen molar-refractivity contribution in [3.8, 4) is 11.6 Å². The molecule has 7 heteroatoms. The van der Waals surface area contributed by atoms with Gasteiger partial charge in [-0.1, -0.05) is 20.8 Å². The summed E-state index contributed by atoms with van der Waals surface area (Å²) in [7, 11) is -1.17. The third kappa shape index (κ3) is 5.59. The van der Waals surface area contributed by atoms with Crippen LogP contribution in [0.3, 0.4) is 0 Å². The molecule has 0 saturated carbocycles. The van der Waals surface area contributed by atoms with Crippen molar-refractivity contribution < 1.29 is 17.7 Å². The molecule has 0 spiro atoms. The third-order valence-corrected chi connectivity index (χ3v) is 3.61. The molecule has 0 radical (unpaired) electrons. The Kier molecular flexibility index (Phi) is 7.61. The van der Waals surface area contributed by atoms with E-state index in [9.17, 15) is 13.0 Å². The Morgan fingerprint density at radius 1 is 1.26 bits per heavy atom. The van der Waals surface area contributed by atoms with Crippen molar-refractivity contribution >= 4 is 16.7 Å². The van der Waals surface area contributed by atoms with Crippen molar-refractivity contribution in [2.24, 2.45) is 0 Å². The molecule has 126 valence electrons. The van der Waals surface area contributed by atoms with Gasteiger partial charge in [0.1, 0.15) is 16.8 Å². The van der Waals surface area contributed by atoms with Crippen LogP contribution in [0.25, 0.3) is 0 Å². The summed E-state index contributed by atoms with van der Waals surface area (Å²) in [6, 6.07) is 4.74. The number of ether oxygens (including phenoxy) is 1. The summed E-state index contributed by atoms with van der Waals surface area (Å²) >= 11 is 0. The van der Waals surface area contributed by atoms with Crippen molar-refractivity contribution in [3.05, 3.63) is 47.7 Å². The molecule has 0 bridgehead atoms. The van der Waals surface area contributed by atoms with E-state index in [1.165, 1.54) is 12.3 Å². The molecular weight excluding hydrogens is 322 g/mol. The van der Waals surface area contributed by atoms with Gasteiger partial charge in [0.2, 0.25) is 5.88 Å². The molecule has 0 fully saturated rings. The molecule has 0 aliphatic carbocycles. The molecule has 4 nitrogen and oxygen atoms in total. The number of pyridine rings is 1. The van der Waals surface area contributed by atoms with E-state index in [1.54, 1.807) is 19.9 Å². The number of nitrogens with zero attached hydrogens (tertiary/aromatic N) is 1. The number of aryl methyl sites for hydroxylation is 1. The normalized spacial score (nSPS) is 11.2. The molecule has 1 aromatic carbocycles. The predicted molar refractivity (Wildman–Crippen MR) is 89.1 cm³/mol. The Morgan fingerprint density at radius 2 is 1.96 bits per heavy atom. The van der Waals surface area contributed by atoms with E-state index < -0.39 is 22.6 Å². The Bertz CT molecular complexity index is 681. The molecule has 0 saturated heterocycles. The molecule has 1 aromatic heterocycles. The average molecular weight is 342 g/mol. The van der Waals surface area contributed by atoms with Gasteiger partial charge in [0.15, 0.2) is 11.6 Å². The molecule has 0 amide bonds. The summed E-state index contributed by atoms with van der Waals surface area (Å²) in [4.78, 5) is 4.04. The van der Waals surface area contributed by atoms with Gasteiger partial charge >= 0.3 is 0 Å². The monoisotopic (exact) mass is 342 g/mol. The summed E-state index contributed by atoms with van der Waals surface area (Å²) in [6.07, 6.45) is 1.44. The number of halogens is 2. The molecule has 0 aliphatic heterocycles. The highest BCUT2D eigenvalue weighted by molar-refractivity contribution is 7.86. The number of nitrogens with one attached hydrogen (secondary N) is 1. The second-order valence-corrected chi connectivity index (χ2v) is 5.73. The van der Waals surface area contributed by atoms with Crippen molar-refractivity contribution in [2.45, 2.75) is 27.7 Å². The highest BCUT2D eigenvalue weighted by Crippen LogP contribution is 2.27. The topological polar surface area (TPSA) is 51.2 Å². The lowest BCUT2D eigenvalue weighted by Crippen LogP contribution is -2.06. The highest BCUT2D eigenvalue weighted by atomic mass is 32.2.